The van der Waals surface area contributed by atoms with E-state index in [1.54, 1.807) is 17.4 Å². The molecule has 4 heteroatoms. The molecule has 0 saturated carbocycles. The van der Waals surface area contributed by atoms with Gasteiger partial charge in [-0.3, -0.25) is 0 Å². The van der Waals surface area contributed by atoms with E-state index in [4.69, 9.17) is 5.11 Å². The number of rotatable bonds is 3. The molecule has 2 nitrogen and oxygen atoms in total. The molecule has 0 saturated heterocycles. The molecule has 2 aromatic heterocycles. The second kappa shape index (κ2) is 5.47. The number of carbonyl (C=O) groups is 1. The Morgan fingerprint density at radius 3 is 2.05 bits per heavy atom. The van der Waals surface area contributed by atoms with Gasteiger partial charge < -0.3 is 5.11 Å². The molecule has 3 aromatic rings. The third-order valence-electron chi connectivity index (χ3n) is 3.17. The van der Waals surface area contributed by atoms with Gasteiger partial charge in [0.15, 0.2) is 0 Å². The van der Waals surface area contributed by atoms with Gasteiger partial charge in [0.05, 0.1) is 0 Å². The number of thiophene rings is 2. The molecular formula is C17H14O2S2. The van der Waals surface area contributed by atoms with Gasteiger partial charge in [-0.25, -0.2) is 4.79 Å². The summed E-state index contributed by atoms with van der Waals surface area (Å²) in [4.78, 5) is 14.7. The number of benzene rings is 1. The number of hydrogen-bond acceptors (Lipinski definition) is 3. The predicted octanol–water partition coefficient (Wildman–Crippen LogP) is 5.46. The van der Waals surface area contributed by atoms with Crippen LogP contribution in [-0.2, 0) is 0 Å². The summed E-state index contributed by atoms with van der Waals surface area (Å²) in [5.41, 5.74) is 3.73. The summed E-state index contributed by atoms with van der Waals surface area (Å²) in [7, 11) is 0. The molecule has 0 radical (unpaired) electrons. The topological polar surface area (TPSA) is 37.3 Å². The first kappa shape index (κ1) is 14.0. The summed E-state index contributed by atoms with van der Waals surface area (Å²) in [5.74, 6) is -0.864. The van der Waals surface area contributed by atoms with Crippen LogP contribution in [-0.4, -0.2) is 11.1 Å². The SMILES string of the molecule is Cc1cc(C)cc(-c2ccc(-c3ccc(C(=O)O)s3)s2)c1. The molecule has 1 aromatic carbocycles. The zero-order valence-corrected chi connectivity index (χ0v) is 13.3. The summed E-state index contributed by atoms with van der Waals surface area (Å²) in [5, 5.41) is 9.00. The van der Waals surface area contributed by atoms with Gasteiger partial charge >= 0.3 is 5.97 Å². The molecule has 0 atom stereocenters. The zero-order valence-electron chi connectivity index (χ0n) is 11.7. The van der Waals surface area contributed by atoms with Gasteiger partial charge in [0, 0.05) is 14.6 Å². The van der Waals surface area contributed by atoms with Gasteiger partial charge in [0.25, 0.3) is 0 Å². The maximum Gasteiger partial charge on any atom is 0.345 e. The second-order valence-corrected chi connectivity index (χ2v) is 7.18. The van der Waals surface area contributed by atoms with Crippen LogP contribution in [0.25, 0.3) is 20.2 Å². The first-order valence-corrected chi connectivity index (χ1v) is 8.18. The summed E-state index contributed by atoms with van der Waals surface area (Å²) in [6.07, 6.45) is 0. The standard InChI is InChI=1S/C17H14O2S2/c1-10-7-11(2)9-12(8-10)13-3-4-14(20-13)15-5-6-16(21-15)17(18)19/h3-9H,1-2H3,(H,18,19). The Labute approximate surface area is 131 Å². The molecule has 3 rings (SSSR count). The monoisotopic (exact) mass is 314 g/mol. The Morgan fingerprint density at radius 2 is 1.43 bits per heavy atom. The number of aryl methyl sites for hydroxylation is 2. The van der Waals surface area contributed by atoms with Crippen molar-refractivity contribution < 1.29 is 9.90 Å². The number of hydrogen-bond donors (Lipinski definition) is 1. The highest BCUT2D eigenvalue weighted by Gasteiger charge is 2.11. The molecule has 0 aliphatic heterocycles. The average Bonchev–Trinajstić information content (AvgIpc) is 3.07. The van der Waals surface area contributed by atoms with E-state index < -0.39 is 5.97 Å². The van der Waals surface area contributed by atoms with Crippen LogP contribution in [0.3, 0.4) is 0 Å². The van der Waals surface area contributed by atoms with Crippen LogP contribution < -0.4 is 0 Å². The molecule has 1 N–H and O–H groups in total. The number of aromatic carboxylic acids is 1. The lowest BCUT2D eigenvalue weighted by atomic mass is 10.1. The van der Waals surface area contributed by atoms with Crippen molar-refractivity contribution in [3.8, 4) is 20.2 Å². The van der Waals surface area contributed by atoms with Gasteiger partial charge in [-0.1, -0.05) is 29.3 Å². The van der Waals surface area contributed by atoms with Gasteiger partial charge in [-0.2, -0.15) is 0 Å². The average molecular weight is 314 g/mol. The van der Waals surface area contributed by atoms with E-state index in [-0.39, 0.29) is 0 Å². The van der Waals surface area contributed by atoms with Crippen LogP contribution in [0.2, 0.25) is 0 Å². The van der Waals surface area contributed by atoms with Gasteiger partial charge in [0.1, 0.15) is 4.88 Å². The molecule has 0 amide bonds. The third kappa shape index (κ3) is 2.91. The van der Waals surface area contributed by atoms with Crippen LogP contribution >= 0.6 is 22.7 Å². The fraction of sp³-hybridized carbons (Fsp3) is 0.118. The second-order valence-electron chi connectivity index (χ2n) is 5.01. The van der Waals surface area contributed by atoms with Crippen molar-refractivity contribution in [2.45, 2.75) is 13.8 Å². The van der Waals surface area contributed by atoms with Crippen molar-refractivity contribution in [2.75, 3.05) is 0 Å². The summed E-state index contributed by atoms with van der Waals surface area (Å²) in [6, 6.07) is 14.2. The molecule has 106 valence electrons. The molecule has 0 aliphatic rings. The Morgan fingerprint density at radius 1 is 0.857 bits per heavy atom. The third-order valence-corrected chi connectivity index (χ3v) is 5.58. The van der Waals surface area contributed by atoms with Gasteiger partial charge in [-0.05, 0) is 43.7 Å². The highest BCUT2D eigenvalue weighted by atomic mass is 32.1. The van der Waals surface area contributed by atoms with E-state index in [0.29, 0.717) is 4.88 Å². The van der Waals surface area contributed by atoms with Crippen LogP contribution in [0.1, 0.15) is 20.8 Å². The van der Waals surface area contributed by atoms with Crippen molar-refractivity contribution in [3.63, 3.8) is 0 Å². The molecule has 2 heterocycles. The van der Waals surface area contributed by atoms with Crippen LogP contribution in [0.5, 0.6) is 0 Å². The normalized spacial score (nSPS) is 10.8. The fourth-order valence-electron chi connectivity index (χ4n) is 2.33. The quantitative estimate of drug-likeness (QED) is 0.697. The van der Waals surface area contributed by atoms with Crippen LogP contribution in [0, 0.1) is 13.8 Å². The minimum atomic E-state index is -0.864. The Hall–Kier alpha value is -1.91. The van der Waals surface area contributed by atoms with E-state index in [2.05, 4.69) is 44.2 Å². The predicted molar refractivity (Wildman–Crippen MR) is 89.5 cm³/mol. The zero-order chi connectivity index (χ0) is 15.0. The summed E-state index contributed by atoms with van der Waals surface area (Å²) < 4.78 is 0. The van der Waals surface area contributed by atoms with Crippen molar-refractivity contribution in [1.29, 1.82) is 0 Å². The van der Waals surface area contributed by atoms with E-state index in [9.17, 15) is 4.79 Å². The lowest BCUT2D eigenvalue weighted by Gasteiger charge is -2.02. The highest BCUT2D eigenvalue weighted by Crippen LogP contribution is 2.38. The number of carboxylic acids is 1. The Balaban J connectivity index is 1.97. The first-order chi connectivity index (χ1) is 10.0. The van der Waals surface area contributed by atoms with E-state index in [0.717, 1.165) is 9.75 Å². The van der Waals surface area contributed by atoms with Gasteiger partial charge in [0.2, 0.25) is 0 Å². The minimum absolute atomic E-state index is 0.381. The van der Waals surface area contributed by atoms with E-state index in [1.807, 2.05) is 6.07 Å². The molecular weight excluding hydrogens is 300 g/mol. The summed E-state index contributed by atoms with van der Waals surface area (Å²) in [6.45, 7) is 4.20. The molecule has 0 fully saturated rings. The maximum absolute atomic E-state index is 11.0. The minimum Gasteiger partial charge on any atom is -0.477 e. The maximum atomic E-state index is 11.0. The van der Waals surface area contributed by atoms with Crippen molar-refractivity contribution in [1.82, 2.24) is 0 Å². The van der Waals surface area contributed by atoms with Crippen molar-refractivity contribution >= 4 is 28.6 Å². The van der Waals surface area contributed by atoms with E-state index in [1.165, 1.54) is 32.9 Å². The van der Waals surface area contributed by atoms with E-state index >= 15 is 0 Å². The molecule has 0 unspecified atom stereocenters. The summed E-state index contributed by atoms with van der Waals surface area (Å²) >= 11 is 3.02. The highest BCUT2D eigenvalue weighted by molar-refractivity contribution is 7.24. The van der Waals surface area contributed by atoms with Crippen molar-refractivity contribution in [3.05, 3.63) is 58.5 Å². The van der Waals surface area contributed by atoms with Crippen LogP contribution in [0.15, 0.2) is 42.5 Å². The lowest BCUT2D eigenvalue weighted by molar-refractivity contribution is 0.0702. The molecule has 21 heavy (non-hydrogen) atoms. The van der Waals surface area contributed by atoms with Crippen molar-refractivity contribution in [2.24, 2.45) is 0 Å². The fourth-order valence-corrected chi connectivity index (χ4v) is 4.26. The molecule has 0 spiro atoms. The Kier molecular flexibility index (Phi) is 3.66. The number of carboxylic acid groups (broad SMARTS) is 1. The molecule has 0 aliphatic carbocycles. The Bertz CT molecular complexity index is 792. The first-order valence-electron chi connectivity index (χ1n) is 6.55. The van der Waals surface area contributed by atoms with Gasteiger partial charge in [-0.15, -0.1) is 22.7 Å². The smallest absolute Gasteiger partial charge is 0.345 e. The van der Waals surface area contributed by atoms with Crippen LogP contribution in [0.4, 0.5) is 0 Å². The largest absolute Gasteiger partial charge is 0.477 e. The lowest BCUT2D eigenvalue weighted by Crippen LogP contribution is -1.89. The molecule has 0 bridgehead atoms.